The number of nitrogens with zero attached hydrogens (tertiary/aromatic N) is 1. The average molecular weight is 355 g/mol. The lowest BCUT2D eigenvalue weighted by Gasteiger charge is -2.13. The molecule has 0 saturated carbocycles. The summed E-state index contributed by atoms with van der Waals surface area (Å²) < 4.78 is 14.8. The zero-order valence-electron chi connectivity index (χ0n) is 11.5. The smallest absolute Gasteiger partial charge is 0.290 e. The van der Waals surface area contributed by atoms with Gasteiger partial charge < -0.3 is 10.6 Å². The van der Waals surface area contributed by atoms with Gasteiger partial charge in [0.1, 0.15) is 11.4 Å². The van der Waals surface area contributed by atoms with Gasteiger partial charge in [-0.1, -0.05) is 29.3 Å². The standard InChI is InChI=1S/C14H16BrFN4O/c1-2-3-8-17-11-12(14(21)20-19-13(11)16)18-10-6-4-9(15)5-7-10/h4-7H,2-3,8H2,1H3,(H,18,19)(H2,17,20,21). The molecule has 1 aromatic carbocycles. The van der Waals surface area contributed by atoms with E-state index in [-0.39, 0.29) is 11.4 Å². The molecule has 0 spiro atoms. The maximum Gasteiger partial charge on any atom is 0.290 e. The van der Waals surface area contributed by atoms with Crippen LogP contribution in [-0.2, 0) is 0 Å². The summed E-state index contributed by atoms with van der Waals surface area (Å²) >= 11 is 3.34. The first-order valence-corrected chi connectivity index (χ1v) is 7.45. The Labute approximate surface area is 130 Å². The van der Waals surface area contributed by atoms with Gasteiger partial charge in [-0.2, -0.15) is 4.39 Å². The van der Waals surface area contributed by atoms with Crippen LogP contribution in [-0.4, -0.2) is 16.7 Å². The number of aromatic amines is 1. The largest absolute Gasteiger partial charge is 0.379 e. The zero-order chi connectivity index (χ0) is 15.2. The molecular weight excluding hydrogens is 339 g/mol. The summed E-state index contributed by atoms with van der Waals surface area (Å²) in [7, 11) is 0. The van der Waals surface area contributed by atoms with Gasteiger partial charge in [-0.25, -0.2) is 5.10 Å². The van der Waals surface area contributed by atoms with E-state index in [0.717, 1.165) is 17.3 Å². The first-order chi connectivity index (χ1) is 10.1. The Bertz CT molecular complexity index is 657. The van der Waals surface area contributed by atoms with Gasteiger partial charge in [0.15, 0.2) is 0 Å². The molecule has 0 aliphatic rings. The van der Waals surface area contributed by atoms with Gasteiger partial charge in [-0.05, 0) is 30.7 Å². The lowest BCUT2D eigenvalue weighted by atomic mass is 10.3. The Balaban J connectivity index is 2.30. The molecule has 7 heteroatoms. The summed E-state index contributed by atoms with van der Waals surface area (Å²) in [6.07, 6.45) is 1.85. The highest BCUT2D eigenvalue weighted by Crippen LogP contribution is 2.24. The molecule has 2 rings (SSSR count). The molecule has 0 amide bonds. The predicted molar refractivity (Wildman–Crippen MR) is 85.6 cm³/mol. The Morgan fingerprint density at radius 1 is 1.29 bits per heavy atom. The van der Waals surface area contributed by atoms with Gasteiger partial charge in [-0.3, -0.25) is 4.79 Å². The van der Waals surface area contributed by atoms with Crippen molar-refractivity contribution in [1.29, 1.82) is 0 Å². The highest BCUT2D eigenvalue weighted by atomic mass is 79.9. The maximum atomic E-state index is 13.8. The molecule has 0 radical (unpaired) electrons. The van der Waals surface area contributed by atoms with Crippen molar-refractivity contribution in [2.45, 2.75) is 19.8 Å². The second-order valence-electron chi connectivity index (χ2n) is 4.51. The monoisotopic (exact) mass is 354 g/mol. The van der Waals surface area contributed by atoms with E-state index in [9.17, 15) is 9.18 Å². The summed E-state index contributed by atoms with van der Waals surface area (Å²) in [5.74, 6) is -0.731. The van der Waals surface area contributed by atoms with Crippen LogP contribution in [0.15, 0.2) is 33.5 Å². The number of benzene rings is 1. The van der Waals surface area contributed by atoms with Crippen LogP contribution in [0.25, 0.3) is 0 Å². The maximum absolute atomic E-state index is 13.8. The van der Waals surface area contributed by atoms with Gasteiger partial charge in [0.2, 0.25) is 0 Å². The van der Waals surface area contributed by atoms with Crippen LogP contribution in [0.5, 0.6) is 0 Å². The number of hydrogen-bond donors (Lipinski definition) is 3. The van der Waals surface area contributed by atoms with Gasteiger partial charge in [0.25, 0.3) is 11.5 Å². The van der Waals surface area contributed by atoms with Gasteiger partial charge in [0.05, 0.1) is 0 Å². The Kier molecular flexibility index (Phi) is 5.32. The SMILES string of the molecule is CCCCNc1c(F)n[nH]c(=O)c1Nc1ccc(Br)cc1. The first kappa shape index (κ1) is 15.5. The van der Waals surface area contributed by atoms with Gasteiger partial charge >= 0.3 is 0 Å². The quantitative estimate of drug-likeness (QED) is 0.692. The van der Waals surface area contributed by atoms with Crippen LogP contribution >= 0.6 is 15.9 Å². The van der Waals surface area contributed by atoms with Gasteiger partial charge in [0, 0.05) is 16.7 Å². The molecule has 0 aliphatic carbocycles. The highest BCUT2D eigenvalue weighted by molar-refractivity contribution is 9.10. The third-order valence-electron chi connectivity index (χ3n) is 2.88. The van der Waals surface area contributed by atoms with E-state index in [2.05, 4.69) is 36.8 Å². The highest BCUT2D eigenvalue weighted by Gasteiger charge is 2.14. The van der Waals surface area contributed by atoms with Crippen LogP contribution in [0.2, 0.25) is 0 Å². The topological polar surface area (TPSA) is 69.8 Å². The van der Waals surface area contributed by atoms with E-state index in [1.54, 1.807) is 12.1 Å². The minimum Gasteiger partial charge on any atom is -0.379 e. The van der Waals surface area contributed by atoms with Crippen molar-refractivity contribution >= 4 is 33.0 Å². The van der Waals surface area contributed by atoms with E-state index < -0.39 is 11.5 Å². The molecule has 0 saturated heterocycles. The number of nitrogens with one attached hydrogen (secondary N) is 3. The minimum absolute atomic E-state index is 0.0927. The number of unbranched alkanes of at least 4 members (excludes halogenated alkanes) is 1. The molecule has 21 heavy (non-hydrogen) atoms. The fraction of sp³-hybridized carbons (Fsp3) is 0.286. The van der Waals surface area contributed by atoms with Crippen LogP contribution in [0, 0.1) is 5.95 Å². The van der Waals surface area contributed by atoms with E-state index >= 15 is 0 Å². The lowest BCUT2D eigenvalue weighted by Crippen LogP contribution is -2.19. The van der Waals surface area contributed by atoms with Gasteiger partial charge in [-0.15, -0.1) is 5.10 Å². The molecule has 3 N–H and O–H groups in total. The summed E-state index contributed by atoms with van der Waals surface area (Å²) in [6.45, 7) is 2.61. The molecule has 0 aliphatic heterocycles. The van der Waals surface area contributed by atoms with E-state index in [1.807, 2.05) is 19.1 Å². The number of rotatable bonds is 6. The van der Waals surface area contributed by atoms with E-state index in [4.69, 9.17) is 0 Å². The minimum atomic E-state index is -0.731. The fourth-order valence-corrected chi connectivity index (χ4v) is 2.04. The molecule has 112 valence electrons. The number of halogens is 2. The molecule has 0 fully saturated rings. The Morgan fingerprint density at radius 2 is 2.00 bits per heavy atom. The zero-order valence-corrected chi connectivity index (χ0v) is 13.1. The third kappa shape index (κ3) is 4.04. The second kappa shape index (κ2) is 7.21. The van der Waals surface area contributed by atoms with Crippen molar-refractivity contribution in [3.8, 4) is 0 Å². The normalized spacial score (nSPS) is 10.4. The molecule has 1 aromatic heterocycles. The summed E-state index contributed by atoms with van der Waals surface area (Å²) in [4.78, 5) is 11.9. The van der Waals surface area contributed by atoms with Crippen molar-refractivity contribution < 1.29 is 4.39 Å². The third-order valence-corrected chi connectivity index (χ3v) is 3.41. The van der Waals surface area contributed by atoms with Crippen LogP contribution < -0.4 is 16.2 Å². The molecule has 0 unspecified atom stereocenters. The van der Waals surface area contributed by atoms with Crippen LogP contribution in [0.4, 0.5) is 21.5 Å². The van der Waals surface area contributed by atoms with Crippen molar-refractivity contribution in [2.24, 2.45) is 0 Å². The molecule has 2 aromatic rings. The predicted octanol–water partition coefficient (Wildman–Crippen LogP) is 3.63. The van der Waals surface area contributed by atoms with Crippen LogP contribution in [0.1, 0.15) is 19.8 Å². The van der Waals surface area contributed by atoms with E-state index in [0.29, 0.717) is 12.2 Å². The van der Waals surface area contributed by atoms with E-state index in [1.165, 1.54) is 0 Å². The molecule has 0 bridgehead atoms. The lowest BCUT2D eigenvalue weighted by molar-refractivity contribution is 0.564. The van der Waals surface area contributed by atoms with Crippen molar-refractivity contribution in [1.82, 2.24) is 10.2 Å². The molecule has 5 nitrogen and oxygen atoms in total. The average Bonchev–Trinajstić information content (AvgIpc) is 2.48. The van der Waals surface area contributed by atoms with Crippen molar-refractivity contribution in [3.63, 3.8) is 0 Å². The fourth-order valence-electron chi connectivity index (χ4n) is 1.78. The number of aromatic nitrogens is 2. The first-order valence-electron chi connectivity index (χ1n) is 6.66. The number of H-pyrrole nitrogens is 1. The van der Waals surface area contributed by atoms with Crippen LogP contribution in [0.3, 0.4) is 0 Å². The molecular formula is C14H16BrFN4O. The summed E-state index contributed by atoms with van der Waals surface area (Å²) in [5, 5.41) is 11.4. The summed E-state index contributed by atoms with van der Waals surface area (Å²) in [6, 6.07) is 7.24. The second-order valence-corrected chi connectivity index (χ2v) is 5.42. The molecule has 1 heterocycles. The number of hydrogen-bond acceptors (Lipinski definition) is 4. The summed E-state index contributed by atoms with van der Waals surface area (Å²) in [5.41, 5.74) is 0.433. The Morgan fingerprint density at radius 3 is 2.67 bits per heavy atom. The molecule has 0 atom stereocenters. The van der Waals surface area contributed by atoms with Crippen molar-refractivity contribution in [2.75, 3.05) is 17.2 Å². The number of anilines is 3. The Hall–Kier alpha value is -1.89. The van der Waals surface area contributed by atoms with Crippen molar-refractivity contribution in [3.05, 3.63) is 45.0 Å².